The number of ether oxygens (including phenoxy) is 1. The van der Waals surface area contributed by atoms with Crippen LogP contribution in [-0.2, 0) is 6.54 Å². The highest BCUT2D eigenvalue weighted by atomic mass is 35.5. The molecule has 1 aromatic rings. The fraction of sp³-hybridized carbons (Fsp3) is 0.455. The standard InChI is InChI=1S/C11H14Cl2FNO/c1-15-7-8-5-9(12)6-10(13)11(8)16-4-2-3-14/h5-6,15H,2-4,7H2,1H3. The molecule has 2 nitrogen and oxygen atoms in total. The summed E-state index contributed by atoms with van der Waals surface area (Å²) in [6.45, 7) is 0.520. The van der Waals surface area contributed by atoms with Gasteiger partial charge in [0.2, 0.25) is 0 Å². The summed E-state index contributed by atoms with van der Waals surface area (Å²) in [5.41, 5.74) is 0.874. The minimum atomic E-state index is -0.396. The van der Waals surface area contributed by atoms with Crippen molar-refractivity contribution in [3.63, 3.8) is 0 Å². The van der Waals surface area contributed by atoms with E-state index in [4.69, 9.17) is 27.9 Å². The molecule has 0 fully saturated rings. The summed E-state index contributed by atoms with van der Waals surface area (Å²) < 4.78 is 17.4. The van der Waals surface area contributed by atoms with Crippen molar-refractivity contribution >= 4 is 23.2 Å². The van der Waals surface area contributed by atoms with Gasteiger partial charge >= 0.3 is 0 Å². The average Bonchev–Trinajstić information content (AvgIpc) is 2.22. The van der Waals surface area contributed by atoms with Crippen molar-refractivity contribution in [3.05, 3.63) is 27.7 Å². The maximum atomic E-state index is 12.0. The zero-order valence-corrected chi connectivity index (χ0v) is 10.5. The van der Waals surface area contributed by atoms with Crippen molar-refractivity contribution in [2.45, 2.75) is 13.0 Å². The molecule has 0 amide bonds. The summed E-state index contributed by atoms with van der Waals surface area (Å²) >= 11 is 11.9. The van der Waals surface area contributed by atoms with Crippen molar-refractivity contribution in [1.29, 1.82) is 0 Å². The monoisotopic (exact) mass is 265 g/mol. The van der Waals surface area contributed by atoms with E-state index in [1.807, 2.05) is 7.05 Å². The fourth-order valence-electron chi connectivity index (χ4n) is 1.33. The van der Waals surface area contributed by atoms with Crippen LogP contribution in [0.1, 0.15) is 12.0 Å². The Labute approximate surface area is 105 Å². The Morgan fingerprint density at radius 2 is 2.12 bits per heavy atom. The van der Waals surface area contributed by atoms with Gasteiger partial charge in [-0.25, -0.2) is 0 Å². The predicted molar refractivity (Wildman–Crippen MR) is 65.3 cm³/mol. The van der Waals surface area contributed by atoms with Crippen LogP contribution < -0.4 is 10.1 Å². The molecule has 0 aliphatic carbocycles. The second-order valence-electron chi connectivity index (χ2n) is 3.30. The molecule has 0 heterocycles. The van der Waals surface area contributed by atoms with Gasteiger partial charge in [0, 0.05) is 23.6 Å². The second-order valence-corrected chi connectivity index (χ2v) is 4.14. The van der Waals surface area contributed by atoms with Gasteiger partial charge in [-0.2, -0.15) is 0 Å². The first-order valence-corrected chi connectivity index (χ1v) is 5.76. The molecule has 0 unspecified atom stereocenters. The third kappa shape index (κ3) is 3.81. The van der Waals surface area contributed by atoms with Gasteiger partial charge in [0.15, 0.2) is 0 Å². The SMILES string of the molecule is CNCc1cc(Cl)cc(Cl)c1OCCCF. The lowest BCUT2D eigenvalue weighted by molar-refractivity contribution is 0.287. The quantitative estimate of drug-likeness (QED) is 0.796. The van der Waals surface area contributed by atoms with E-state index in [9.17, 15) is 4.39 Å². The van der Waals surface area contributed by atoms with E-state index < -0.39 is 6.67 Å². The van der Waals surface area contributed by atoms with Gasteiger partial charge in [0.25, 0.3) is 0 Å². The lowest BCUT2D eigenvalue weighted by Crippen LogP contribution is -2.09. The first kappa shape index (κ1) is 13.6. The molecule has 1 aromatic carbocycles. The lowest BCUT2D eigenvalue weighted by atomic mass is 10.2. The first-order chi connectivity index (χ1) is 7.69. The highest BCUT2D eigenvalue weighted by Crippen LogP contribution is 2.32. The number of nitrogens with one attached hydrogen (secondary N) is 1. The maximum Gasteiger partial charge on any atom is 0.142 e. The van der Waals surface area contributed by atoms with Gasteiger partial charge in [-0.1, -0.05) is 23.2 Å². The first-order valence-electron chi connectivity index (χ1n) is 5.00. The number of hydrogen-bond acceptors (Lipinski definition) is 2. The zero-order valence-electron chi connectivity index (χ0n) is 9.03. The molecule has 90 valence electrons. The zero-order chi connectivity index (χ0) is 12.0. The lowest BCUT2D eigenvalue weighted by Gasteiger charge is -2.13. The molecule has 0 radical (unpaired) electrons. The van der Waals surface area contributed by atoms with E-state index in [-0.39, 0.29) is 0 Å². The van der Waals surface area contributed by atoms with Crippen molar-refractivity contribution in [2.75, 3.05) is 20.3 Å². The molecule has 1 N–H and O–H groups in total. The highest BCUT2D eigenvalue weighted by molar-refractivity contribution is 6.35. The Balaban J connectivity index is 2.85. The molecular formula is C11H14Cl2FNO. The van der Waals surface area contributed by atoms with Gasteiger partial charge in [0.05, 0.1) is 18.3 Å². The van der Waals surface area contributed by atoms with Crippen LogP contribution in [0.25, 0.3) is 0 Å². The summed E-state index contributed by atoms with van der Waals surface area (Å²) in [6, 6.07) is 3.40. The second kappa shape index (κ2) is 6.94. The van der Waals surface area contributed by atoms with Crippen LogP contribution in [0.15, 0.2) is 12.1 Å². The topological polar surface area (TPSA) is 21.3 Å². The Kier molecular flexibility index (Phi) is 5.88. The number of hydrogen-bond donors (Lipinski definition) is 1. The Hall–Kier alpha value is -0.510. The number of rotatable bonds is 6. The van der Waals surface area contributed by atoms with E-state index in [1.54, 1.807) is 12.1 Å². The van der Waals surface area contributed by atoms with Gasteiger partial charge in [-0.3, -0.25) is 4.39 Å². The summed E-state index contributed by atoms with van der Waals surface area (Å²) in [5, 5.41) is 4.02. The Morgan fingerprint density at radius 1 is 1.38 bits per heavy atom. The predicted octanol–water partition coefficient (Wildman–Crippen LogP) is 3.45. The summed E-state index contributed by atoms with van der Waals surface area (Å²) in [6.07, 6.45) is 0.359. The molecule has 0 bridgehead atoms. The van der Waals surface area contributed by atoms with Gasteiger partial charge in [-0.15, -0.1) is 0 Å². The number of halogens is 3. The molecule has 0 aromatic heterocycles. The molecule has 0 aliphatic rings. The Bertz CT molecular complexity index is 347. The van der Waals surface area contributed by atoms with Crippen LogP contribution in [0.3, 0.4) is 0 Å². The van der Waals surface area contributed by atoms with Crippen LogP contribution in [-0.4, -0.2) is 20.3 Å². The van der Waals surface area contributed by atoms with E-state index in [1.165, 1.54) is 0 Å². The van der Waals surface area contributed by atoms with E-state index in [0.29, 0.717) is 35.4 Å². The largest absolute Gasteiger partial charge is 0.492 e. The van der Waals surface area contributed by atoms with Crippen LogP contribution in [0.4, 0.5) is 4.39 Å². The third-order valence-corrected chi connectivity index (χ3v) is 2.48. The maximum absolute atomic E-state index is 12.0. The molecule has 0 spiro atoms. The number of benzene rings is 1. The van der Waals surface area contributed by atoms with Crippen LogP contribution in [0, 0.1) is 0 Å². The molecule has 0 atom stereocenters. The van der Waals surface area contributed by atoms with Crippen molar-refractivity contribution in [3.8, 4) is 5.75 Å². The molecule has 0 saturated heterocycles. The summed E-state index contributed by atoms with van der Waals surface area (Å²) in [7, 11) is 1.82. The van der Waals surface area contributed by atoms with Crippen LogP contribution in [0.5, 0.6) is 5.75 Å². The molecule has 16 heavy (non-hydrogen) atoms. The minimum Gasteiger partial charge on any atom is -0.492 e. The molecule has 0 saturated carbocycles. The third-order valence-electron chi connectivity index (χ3n) is 1.98. The minimum absolute atomic E-state index is 0.314. The van der Waals surface area contributed by atoms with Crippen molar-refractivity contribution in [2.24, 2.45) is 0 Å². The molecule has 5 heteroatoms. The van der Waals surface area contributed by atoms with E-state index in [0.717, 1.165) is 5.56 Å². The van der Waals surface area contributed by atoms with Gasteiger partial charge in [0.1, 0.15) is 5.75 Å². The molecule has 1 rings (SSSR count). The summed E-state index contributed by atoms with van der Waals surface area (Å²) in [4.78, 5) is 0. The normalized spacial score (nSPS) is 10.5. The van der Waals surface area contributed by atoms with Crippen molar-refractivity contribution in [1.82, 2.24) is 5.32 Å². The fourth-order valence-corrected chi connectivity index (χ4v) is 1.92. The van der Waals surface area contributed by atoms with Gasteiger partial charge in [-0.05, 0) is 19.2 Å². The van der Waals surface area contributed by atoms with E-state index >= 15 is 0 Å². The molecular weight excluding hydrogens is 252 g/mol. The smallest absolute Gasteiger partial charge is 0.142 e. The summed E-state index contributed by atoms with van der Waals surface area (Å²) in [5.74, 6) is 0.578. The van der Waals surface area contributed by atoms with Crippen LogP contribution >= 0.6 is 23.2 Å². The van der Waals surface area contributed by atoms with Crippen LogP contribution in [0.2, 0.25) is 10.0 Å². The highest BCUT2D eigenvalue weighted by Gasteiger charge is 2.10. The number of alkyl halides is 1. The van der Waals surface area contributed by atoms with Gasteiger partial charge < -0.3 is 10.1 Å². The van der Waals surface area contributed by atoms with E-state index in [2.05, 4.69) is 5.32 Å². The van der Waals surface area contributed by atoms with Crippen molar-refractivity contribution < 1.29 is 9.13 Å². The Morgan fingerprint density at radius 3 is 2.75 bits per heavy atom. The molecule has 0 aliphatic heterocycles. The average molecular weight is 266 g/mol.